The van der Waals surface area contributed by atoms with Crippen molar-refractivity contribution in [3.63, 3.8) is 0 Å². The third-order valence-corrected chi connectivity index (χ3v) is 3.96. The molecular formula is C19H18FN3O2. The lowest BCUT2D eigenvalue weighted by molar-refractivity contribution is 0.102. The van der Waals surface area contributed by atoms with E-state index in [-0.39, 0.29) is 11.7 Å². The number of nitrogens with one attached hydrogen (secondary N) is 1. The Morgan fingerprint density at radius 2 is 1.88 bits per heavy atom. The summed E-state index contributed by atoms with van der Waals surface area (Å²) >= 11 is 0. The van der Waals surface area contributed by atoms with Gasteiger partial charge in [-0.2, -0.15) is 0 Å². The molecule has 1 amide bonds. The molecule has 3 aromatic rings. The molecule has 0 saturated heterocycles. The molecule has 0 bridgehead atoms. The van der Waals surface area contributed by atoms with E-state index in [1.165, 1.54) is 25.4 Å². The zero-order valence-corrected chi connectivity index (χ0v) is 14.2. The van der Waals surface area contributed by atoms with E-state index in [2.05, 4.69) is 10.3 Å². The van der Waals surface area contributed by atoms with Crippen LogP contribution in [-0.2, 0) is 0 Å². The molecule has 2 aromatic heterocycles. The fraction of sp³-hybridized carbons (Fsp3) is 0.158. The summed E-state index contributed by atoms with van der Waals surface area (Å²) in [6, 6.07) is 11.4. The smallest absolute Gasteiger partial charge is 0.257 e. The first-order valence-electron chi connectivity index (χ1n) is 7.76. The lowest BCUT2D eigenvalue weighted by Crippen LogP contribution is -2.13. The molecule has 6 heteroatoms. The fourth-order valence-electron chi connectivity index (χ4n) is 2.75. The molecule has 0 atom stereocenters. The van der Waals surface area contributed by atoms with E-state index in [0.717, 1.165) is 17.1 Å². The average Bonchev–Trinajstić information content (AvgIpc) is 2.91. The first kappa shape index (κ1) is 16.7. The molecule has 5 nitrogen and oxygen atoms in total. The highest BCUT2D eigenvalue weighted by Gasteiger charge is 2.17. The summed E-state index contributed by atoms with van der Waals surface area (Å²) in [7, 11) is 1.53. The maximum Gasteiger partial charge on any atom is 0.257 e. The summed E-state index contributed by atoms with van der Waals surface area (Å²) in [5.74, 6) is -0.0444. The number of halogens is 1. The van der Waals surface area contributed by atoms with E-state index in [0.29, 0.717) is 17.1 Å². The normalized spacial score (nSPS) is 10.6. The number of anilines is 1. The van der Waals surface area contributed by atoms with Crippen molar-refractivity contribution in [3.05, 3.63) is 71.4 Å². The Kier molecular flexibility index (Phi) is 4.52. The molecule has 0 aliphatic heterocycles. The zero-order valence-electron chi connectivity index (χ0n) is 14.2. The molecule has 0 radical (unpaired) electrons. The van der Waals surface area contributed by atoms with Crippen LogP contribution in [-0.4, -0.2) is 22.6 Å². The molecule has 2 heterocycles. The standard InChI is InChI=1S/C19H18FN3O2/c1-12-10-17(13(2)23(12)16-7-4-14(20)5-8-16)19(24)22-15-6-9-18(25-3)21-11-15/h4-11H,1-3H3,(H,22,24). The minimum atomic E-state index is -0.295. The van der Waals surface area contributed by atoms with E-state index in [4.69, 9.17) is 4.74 Å². The topological polar surface area (TPSA) is 56.1 Å². The van der Waals surface area contributed by atoms with Crippen LogP contribution in [0, 0.1) is 19.7 Å². The van der Waals surface area contributed by atoms with Crippen molar-refractivity contribution >= 4 is 11.6 Å². The number of ether oxygens (including phenoxy) is 1. The third kappa shape index (κ3) is 3.38. The number of hydrogen-bond acceptors (Lipinski definition) is 3. The highest BCUT2D eigenvalue weighted by molar-refractivity contribution is 6.05. The van der Waals surface area contributed by atoms with Gasteiger partial charge in [-0.3, -0.25) is 4.79 Å². The molecule has 0 fully saturated rings. The predicted molar refractivity (Wildman–Crippen MR) is 93.9 cm³/mol. The van der Waals surface area contributed by atoms with Crippen LogP contribution < -0.4 is 10.1 Å². The molecule has 128 valence electrons. The minimum absolute atomic E-state index is 0.228. The van der Waals surface area contributed by atoms with Crippen molar-refractivity contribution in [2.24, 2.45) is 0 Å². The maximum absolute atomic E-state index is 13.1. The number of rotatable bonds is 4. The van der Waals surface area contributed by atoms with Gasteiger partial charge in [0.25, 0.3) is 5.91 Å². The van der Waals surface area contributed by atoms with Crippen molar-refractivity contribution in [2.75, 3.05) is 12.4 Å². The average molecular weight is 339 g/mol. The van der Waals surface area contributed by atoms with Crippen LogP contribution in [0.1, 0.15) is 21.7 Å². The third-order valence-electron chi connectivity index (χ3n) is 3.96. The van der Waals surface area contributed by atoms with Gasteiger partial charge >= 0.3 is 0 Å². The predicted octanol–water partition coefficient (Wildman–Crippen LogP) is 3.89. The number of pyridine rings is 1. The number of aryl methyl sites for hydroxylation is 1. The lowest BCUT2D eigenvalue weighted by atomic mass is 10.2. The Labute approximate surface area is 145 Å². The van der Waals surface area contributed by atoms with Crippen LogP contribution in [0.4, 0.5) is 10.1 Å². The molecule has 25 heavy (non-hydrogen) atoms. The Bertz CT molecular complexity index is 900. The van der Waals surface area contributed by atoms with Gasteiger partial charge in [0.15, 0.2) is 0 Å². The number of hydrogen-bond donors (Lipinski definition) is 1. The summed E-state index contributed by atoms with van der Waals surface area (Å²) in [5.41, 5.74) is 3.61. The first-order valence-corrected chi connectivity index (χ1v) is 7.76. The van der Waals surface area contributed by atoms with Gasteiger partial charge in [-0.05, 0) is 50.2 Å². The number of nitrogens with zero attached hydrogens (tertiary/aromatic N) is 2. The molecular weight excluding hydrogens is 321 g/mol. The van der Waals surface area contributed by atoms with Crippen molar-refractivity contribution < 1.29 is 13.9 Å². The van der Waals surface area contributed by atoms with Gasteiger partial charge in [0.05, 0.1) is 24.6 Å². The number of aromatic nitrogens is 2. The second-order valence-corrected chi connectivity index (χ2v) is 5.64. The molecule has 1 N–H and O–H groups in total. The van der Waals surface area contributed by atoms with Gasteiger partial charge in [-0.15, -0.1) is 0 Å². The maximum atomic E-state index is 13.1. The van der Waals surface area contributed by atoms with E-state index >= 15 is 0 Å². The van der Waals surface area contributed by atoms with Gasteiger partial charge < -0.3 is 14.6 Å². The number of benzene rings is 1. The Balaban J connectivity index is 1.88. The quantitative estimate of drug-likeness (QED) is 0.784. The molecule has 3 rings (SSSR count). The second kappa shape index (κ2) is 6.76. The molecule has 0 saturated carbocycles. The summed E-state index contributed by atoms with van der Waals surface area (Å²) in [4.78, 5) is 16.7. The van der Waals surface area contributed by atoms with Crippen LogP contribution in [0.15, 0.2) is 48.7 Å². The minimum Gasteiger partial charge on any atom is -0.481 e. The monoisotopic (exact) mass is 339 g/mol. The molecule has 0 aliphatic rings. The van der Waals surface area contributed by atoms with Crippen LogP contribution >= 0.6 is 0 Å². The van der Waals surface area contributed by atoms with Gasteiger partial charge in [0.2, 0.25) is 5.88 Å². The molecule has 0 spiro atoms. The van der Waals surface area contributed by atoms with Crippen LogP contribution in [0.3, 0.4) is 0 Å². The first-order chi connectivity index (χ1) is 12.0. The summed E-state index contributed by atoms with van der Waals surface area (Å²) in [5, 5.41) is 2.82. The van der Waals surface area contributed by atoms with Crippen LogP contribution in [0.25, 0.3) is 5.69 Å². The van der Waals surface area contributed by atoms with Gasteiger partial charge in [-0.1, -0.05) is 0 Å². The Morgan fingerprint density at radius 1 is 1.16 bits per heavy atom. The fourth-order valence-corrected chi connectivity index (χ4v) is 2.75. The Hall–Kier alpha value is -3.15. The van der Waals surface area contributed by atoms with Gasteiger partial charge in [0, 0.05) is 23.1 Å². The lowest BCUT2D eigenvalue weighted by Gasteiger charge is -2.10. The van der Waals surface area contributed by atoms with Crippen molar-refractivity contribution in [3.8, 4) is 11.6 Å². The highest BCUT2D eigenvalue weighted by atomic mass is 19.1. The van der Waals surface area contributed by atoms with E-state index in [9.17, 15) is 9.18 Å². The number of carbonyl (C=O) groups is 1. The summed E-state index contributed by atoms with van der Waals surface area (Å²) in [6.45, 7) is 3.76. The highest BCUT2D eigenvalue weighted by Crippen LogP contribution is 2.22. The SMILES string of the molecule is COc1ccc(NC(=O)c2cc(C)n(-c3ccc(F)cc3)c2C)cn1. The van der Waals surface area contributed by atoms with Gasteiger partial charge in [0.1, 0.15) is 5.82 Å². The van der Waals surface area contributed by atoms with Crippen molar-refractivity contribution in [2.45, 2.75) is 13.8 Å². The van der Waals surface area contributed by atoms with Crippen molar-refractivity contribution in [1.82, 2.24) is 9.55 Å². The number of methoxy groups -OCH3 is 1. The molecule has 0 aliphatic carbocycles. The zero-order chi connectivity index (χ0) is 18.0. The molecule has 0 unspecified atom stereocenters. The largest absolute Gasteiger partial charge is 0.481 e. The second-order valence-electron chi connectivity index (χ2n) is 5.64. The van der Waals surface area contributed by atoms with Crippen LogP contribution in [0.2, 0.25) is 0 Å². The van der Waals surface area contributed by atoms with E-state index < -0.39 is 0 Å². The van der Waals surface area contributed by atoms with Crippen molar-refractivity contribution in [1.29, 1.82) is 0 Å². The number of amides is 1. The summed E-state index contributed by atoms with van der Waals surface area (Å²) in [6.07, 6.45) is 1.54. The van der Waals surface area contributed by atoms with Crippen LogP contribution in [0.5, 0.6) is 5.88 Å². The Morgan fingerprint density at radius 3 is 2.48 bits per heavy atom. The van der Waals surface area contributed by atoms with E-state index in [1.807, 2.05) is 24.5 Å². The van der Waals surface area contributed by atoms with Gasteiger partial charge in [-0.25, -0.2) is 9.37 Å². The number of carbonyl (C=O) groups excluding carboxylic acids is 1. The van der Waals surface area contributed by atoms with E-state index in [1.54, 1.807) is 24.3 Å². The summed E-state index contributed by atoms with van der Waals surface area (Å²) < 4.78 is 20.1. The molecule has 1 aromatic carbocycles.